The molecule has 0 spiro atoms. The summed E-state index contributed by atoms with van der Waals surface area (Å²) in [5.41, 5.74) is 0.124. The van der Waals surface area contributed by atoms with Crippen molar-refractivity contribution in [2.45, 2.75) is 50.4 Å². The number of carbonyl (C=O) groups excluding carboxylic acids is 1. The van der Waals surface area contributed by atoms with Crippen LogP contribution < -0.4 is 14.5 Å². The third-order valence-electron chi connectivity index (χ3n) is 8.07. The second-order valence-corrected chi connectivity index (χ2v) is 10.4. The number of rotatable bonds is 5. The van der Waals surface area contributed by atoms with Gasteiger partial charge < -0.3 is 19.5 Å². The molecule has 9 nitrogen and oxygen atoms in total. The number of para-hydroxylation sites is 1. The zero-order valence-corrected chi connectivity index (χ0v) is 20.8. The number of hydrogen-bond acceptors (Lipinski definition) is 8. The Labute approximate surface area is 214 Å². The van der Waals surface area contributed by atoms with E-state index in [1.54, 1.807) is 6.92 Å². The second kappa shape index (κ2) is 9.36. The van der Waals surface area contributed by atoms with Crippen LogP contribution in [0.3, 0.4) is 0 Å². The summed E-state index contributed by atoms with van der Waals surface area (Å²) in [5.74, 6) is -1.10. The van der Waals surface area contributed by atoms with Crippen molar-refractivity contribution in [3.8, 4) is 11.8 Å². The van der Waals surface area contributed by atoms with E-state index in [-0.39, 0.29) is 35.2 Å². The van der Waals surface area contributed by atoms with Gasteiger partial charge in [-0.1, -0.05) is 6.07 Å². The zero-order valence-electron chi connectivity index (χ0n) is 20.8. The zero-order chi connectivity index (χ0) is 25.7. The number of amides is 1. The van der Waals surface area contributed by atoms with E-state index in [0.29, 0.717) is 50.8 Å². The van der Waals surface area contributed by atoms with Crippen molar-refractivity contribution in [2.24, 2.45) is 0 Å². The molecule has 1 aromatic heterocycles. The van der Waals surface area contributed by atoms with Crippen molar-refractivity contribution in [1.29, 1.82) is 0 Å². The molecule has 3 saturated heterocycles. The first-order valence-electron chi connectivity index (χ1n) is 13.0. The Morgan fingerprint density at radius 2 is 2.08 bits per heavy atom. The number of aromatic hydroxyl groups is 1. The topological polar surface area (TPSA) is 91.3 Å². The van der Waals surface area contributed by atoms with Gasteiger partial charge in [0.1, 0.15) is 35.6 Å². The summed E-state index contributed by atoms with van der Waals surface area (Å²) < 4.78 is 40.9. The van der Waals surface area contributed by atoms with E-state index in [2.05, 4.69) is 14.9 Å². The summed E-state index contributed by atoms with van der Waals surface area (Å²) in [6.45, 7) is 5.49. The molecular weight excluding hydrogens is 484 g/mol. The molecule has 3 unspecified atom stereocenters. The molecule has 2 aromatic rings. The fourth-order valence-corrected chi connectivity index (χ4v) is 6.31. The van der Waals surface area contributed by atoms with Gasteiger partial charge in [0, 0.05) is 32.7 Å². The number of halogens is 2. The molecule has 4 aliphatic rings. The fourth-order valence-electron chi connectivity index (χ4n) is 6.31. The molecule has 0 saturated carbocycles. The quantitative estimate of drug-likeness (QED) is 0.649. The first-order valence-corrected chi connectivity index (χ1v) is 13.0. The highest BCUT2D eigenvalue weighted by molar-refractivity contribution is 6.14. The summed E-state index contributed by atoms with van der Waals surface area (Å²) in [7, 11) is 0. The number of anilines is 2. The van der Waals surface area contributed by atoms with Crippen molar-refractivity contribution in [2.75, 3.05) is 55.8 Å². The Balaban J connectivity index is 1.38. The molecule has 3 fully saturated rings. The molecule has 4 aliphatic heterocycles. The van der Waals surface area contributed by atoms with Crippen molar-refractivity contribution < 1.29 is 28.2 Å². The highest BCUT2D eigenvalue weighted by Gasteiger charge is 2.50. The van der Waals surface area contributed by atoms with Crippen LogP contribution in [0.1, 0.15) is 54.7 Å². The summed E-state index contributed by atoms with van der Waals surface area (Å²) in [4.78, 5) is 28.4. The molecule has 1 amide bonds. The van der Waals surface area contributed by atoms with Gasteiger partial charge in [0.25, 0.3) is 5.91 Å². The molecule has 37 heavy (non-hydrogen) atoms. The molecule has 1 N–H and O–H groups in total. The van der Waals surface area contributed by atoms with Gasteiger partial charge >= 0.3 is 6.01 Å². The van der Waals surface area contributed by atoms with E-state index in [1.165, 1.54) is 23.1 Å². The van der Waals surface area contributed by atoms with Crippen LogP contribution in [-0.4, -0.2) is 83.6 Å². The SMILES string of the molecule is CC1c2nc(OCC34CCCN3CC(F)C4)nc(N3CCCOCC3)c2C(=O)N1c1c(O)cccc1F. The van der Waals surface area contributed by atoms with Gasteiger partial charge in [-0.2, -0.15) is 9.97 Å². The summed E-state index contributed by atoms with van der Waals surface area (Å²) >= 11 is 0. The van der Waals surface area contributed by atoms with Crippen LogP contribution in [0.15, 0.2) is 18.2 Å². The van der Waals surface area contributed by atoms with Crippen LogP contribution in [0.25, 0.3) is 0 Å². The van der Waals surface area contributed by atoms with Crippen LogP contribution in [0.4, 0.5) is 20.3 Å². The number of phenols is 1. The lowest BCUT2D eigenvalue weighted by Gasteiger charge is -2.31. The number of fused-ring (bicyclic) bond motifs is 2. The van der Waals surface area contributed by atoms with Gasteiger partial charge in [0.15, 0.2) is 5.82 Å². The van der Waals surface area contributed by atoms with Gasteiger partial charge in [0.05, 0.1) is 23.9 Å². The number of ether oxygens (including phenoxy) is 2. The number of aromatic nitrogens is 2. The fraction of sp³-hybridized carbons (Fsp3) is 0.577. The van der Waals surface area contributed by atoms with E-state index in [1.807, 2.05) is 4.90 Å². The first kappa shape index (κ1) is 24.3. The lowest BCUT2D eigenvalue weighted by molar-refractivity contribution is 0.0990. The predicted octanol–water partition coefficient (Wildman–Crippen LogP) is 3.22. The molecule has 11 heteroatoms. The van der Waals surface area contributed by atoms with Gasteiger partial charge in [-0.25, -0.2) is 8.78 Å². The van der Waals surface area contributed by atoms with Crippen LogP contribution in [0.2, 0.25) is 0 Å². The monoisotopic (exact) mass is 515 g/mol. The Kier molecular flexibility index (Phi) is 6.15. The maximum Gasteiger partial charge on any atom is 0.318 e. The molecule has 5 heterocycles. The maximum absolute atomic E-state index is 14.8. The Hall–Kier alpha value is -3.05. The van der Waals surface area contributed by atoms with Crippen molar-refractivity contribution in [1.82, 2.24) is 14.9 Å². The minimum atomic E-state index is -0.878. The van der Waals surface area contributed by atoms with E-state index in [0.717, 1.165) is 25.8 Å². The van der Waals surface area contributed by atoms with Crippen LogP contribution in [0.5, 0.6) is 11.8 Å². The summed E-state index contributed by atoms with van der Waals surface area (Å²) in [6, 6.07) is 3.39. The number of nitrogens with zero attached hydrogens (tertiary/aromatic N) is 5. The number of carbonyl (C=O) groups is 1. The second-order valence-electron chi connectivity index (χ2n) is 10.4. The average Bonchev–Trinajstić information content (AvgIpc) is 3.35. The Bertz CT molecular complexity index is 1190. The standard InChI is InChI=1S/C26H31F2N5O4/c1-16-21-20(24(35)33(16)22-18(28)5-2-6-19(22)34)23(31-8-4-11-36-12-10-31)30-25(29-21)37-15-26-7-3-9-32(26)14-17(27)13-26/h2,5-6,16-17,34H,3-4,7-15H2,1H3. The summed E-state index contributed by atoms with van der Waals surface area (Å²) in [5, 5.41) is 10.4. The van der Waals surface area contributed by atoms with Crippen molar-refractivity contribution >= 4 is 17.4 Å². The smallest absolute Gasteiger partial charge is 0.318 e. The molecule has 198 valence electrons. The minimum absolute atomic E-state index is 0.113. The largest absolute Gasteiger partial charge is 0.506 e. The van der Waals surface area contributed by atoms with Crippen molar-refractivity contribution in [3.05, 3.63) is 35.3 Å². The van der Waals surface area contributed by atoms with Gasteiger partial charge in [-0.05, 0) is 44.9 Å². The van der Waals surface area contributed by atoms with Crippen LogP contribution in [-0.2, 0) is 4.74 Å². The number of phenolic OH excluding ortho intramolecular Hbond substituents is 1. The van der Waals surface area contributed by atoms with Gasteiger partial charge in [-0.15, -0.1) is 0 Å². The summed E-state index contributed by atoms with van der Waals surface area (Å²) in [6.07, 6.45) is 2.14. The van der Waals surface area contributed by atoms with E-state index >= 15 is 0 Å². The van der Waals surface area contributed by atoms with E-state index in [4.69, 9.17) is 9.47 Å². The molecule has 0 bridgehead atoms. The Morgan fingerprint density at radius 3 is 2.92 bits per heavy atom. The van der Waals surface area contributed by atoms with Crippen LogP contribution in [0, 0.1) is 5.82 Å². The number of benzene rings is 1. The lowest BCUT2D eigenvalue weighted by Crippen LogP contribution is -2.43. The predicted molar refractivity (Wildman–Crippen MR) is 132 cm³/mol. The minimum Gasteiger partial charge on any atom is -0.506 e. The number of alkyl halides is 1. The van der Waals surface area contributed by atoms with Crippen molar-refractivity contribution in [3.63, 3.8) is 0 Å². The molecule has 3 atom stereocenters. The lowest BCUT2D eigenvalue weighted by atomic mass is 9.95. The Morgan fingerprint density at radius 1 is 1.22 bits per heavy atom. The van der Waals surface area contributed by atoms with Gasteiger partial charge in [-0.3, -0.25) is 14.6 Å². The van der Waals surface area contributed by atoms with Crippen LogP contribution >= 0.6 is 0 Å². The first-order chi connectivity index (χ1) is 17.9. The van der Waals surface area contributed by atoms with Gasteiger partial charge in [0.2, 0.25) is 0 Å². The molecule has 1 aromatic carbocycles. The molecule has 0 radical (unpaired) electrons. The van der Waals surface area contributed by atoms with E-state index in [9.17, 15) is 18.7 Å². The molecule has 0 aliphatic carbocycles. The maximum atomic E-state index is 14.8. The highest BCUT2D eigenvalue weighted by Crippen LogP contribution is 2.45. The molecular formula is C26H31F2N5O4. The third-order valence-corrected chi connectivity index (χ3v) is 8.07. The molecule has 6 rings (SSSR count). The highest BCUT2D eigenvalue weighted by atomic mass is 19.1. The third kappa shape index (κ3) is 4.08. The number of hydrogen-bond donors (Lipinski definition) is 1. The normalized spacial score (nSPS) is 27.9. The average molecular weight is 516 g/mol. The van der Waals surface area contributed by atoms with E-state index < -0.39 is 23.9 Å².